The van der Waals surface area contributed by atoms with Crippen molar-refractivity contribution in [2.24, 2.45) is 5.73 Å². The predicted octanol–water partition coefficient (Wildman–Crippen LogP) is -0.331. The molecule has 5 nitrogen and oxygen atoms in total. The Labute approximate surface area is 64.5 Å². The van der Waals surface area contributed by atoms with Crippen LogP contribution in [0.25, 0.3) is 0 Å². The molecule has 0 saturated heterocycles. The molecule has 1 unspecified atom stereocenters. The average molecular weight is 151 g/mol. The summed E-state index contributed by atoms with van der Waals surface area (Å²) in [6, 6.07) is 1.94. The Balaban J connectivity index is 2.82. The van der Waals surface area contributed by atoms with Gasteiger partial charge in [0, 0.05) is 6.54 Å². The number of rotatable bonds is 2. The van der Waals surface area contributed by atoms with E-state index in [9.17, 15) is 0 Å². The van der Waals surface area contributed by atoms with Crippen LogP contribution in [-0.4, -0.2) is 21.3 Å². The number of hydrogen-bond donors (Lipinski definition) is 1. The maximum Gasteiger partial charge on any atom is 0.252 e. The standard InChI is InChI=1S/C6H9N5/c1-5(2-7)11-4-9-6(3-8)10-11/h4-5H,2,7H2,1H3. The fourth-order valence-electron chi connectivity index (χ4n) is 0.646. The first-order chi connectivity index (χ1) is 5.27. The van der Waals surface area contributed by atoms with Gasteiger partial charge in [0.25, 0.3) is 5.82 Å². The lowest BCUT2D eigenvalue weighted by Gasteiger charge is -2.05. The van der Waals surface area contributed by atoms with Crippen molar-refractivity contribution in [1.29, 1.82) is 5.26 Å². The summed E-state index contributed by atoms with van der Waals surface area (Å²) < 4.78 is 1.58. The third-order valence-electron chi connectivity index (χ3n) is 1.40. The molecule has 2 N–H and O–H groups in total. The zero-order chi connectivity index (χ0) is 8.27. The number of nitrogens with two attached hydrogens (primary N) is 1. The summed E-state index contributed by atoms with van der Waals surface area (Å²) in [7, 11) is 0. The van der Waals surface area contributed by atoms with E-state index >= 15 is 0 Å². The van der Waals surface area contributed by atoms with Gasteiger partial charge < -0.3 is 5.73 Å². The minimum Gasteiger partial charge on any atom is -0.328 e. The van der Waals surface area contributed by atoms with Crippen LogP contribution in [0.5, 0.6) is 0 Å². The number of hydrogen-bond acceptors (Lipinski definition) is 4. The molecule has 5 heteroatoms. The Morgan fingerprint density at radius 1 is 1.91 bits per heavy atom. The van der Waals surface area contributed by atoms with Crippen molar-refractivity contribution in [1.82, 2.24) is 14.8 Å². The third-order valence-corrected chi connectivity index (χ3v) is 1.40. The summed E-state index contributed by atoms with van der Waals surface area (Å²) in [5, 5.41) is 12.2. The van der Waals surface area contributed by atoms with Gasteiger partial charge in [0.1, 0.15) is 12.4 Å². The van der Waals surface area contributed by atoms with Gasteiger partial charge in [-0.15, -0.1) is 5.10 Å². The molecule has 0 aliphatic heterocycles. The van der Waals surface area contributed by atoms with Gasteiger partial charge in [0.15, 0.2) is 0 Å². The van der Waals surface area contributed by atoms with Crippen molar-refractivity contribution in [3.63, 3.8) is 0 Å². The second-order valence-electron chi connectivity index (χ2n) is 2.24. The fraction of sp³-hybridized carbons (Fsp3) is 0.500. The number of nitrogens with zero attached hydrogens (tertiary/aromatic N) is 4. The minimum absolute atomic E-state index is 0.101. The average Bonchev–Trinajstić information content (AvgIpc) is 2.50. The van der Waals surface area contributed by atoms with Gasteiger partial charge in [0.05, 0.1) is 6.04 Å². The molecular formula is C6H9N5. The highest BCUT2D eigenvalue weighted by Gasteiger charge is 2.04. The van der Waals surface area contributed by atoms with Gasteiger partial charge in [-0.05, 0) is 6.92 Å². The van der Waals surface area contributed by atoms with Crippen molar-refractivity contribution < 1.29 is 0 Å². The van der Waals surface area contributed by atoms with Crippen LogP contribution in [0.1, 0.15) is 18.8 Å². The molecule has 58 valence electrons. The van der Waals surface area contributed by atoms with Crippen LogP contribution >= 0.6 is 0 Å². The number of nitriles is 1. The maximum atomic E-state index is 8.39. The Hall–Kier alpha value is -1.41. The summed E-state index contributed by atoms with van der Waals surface area (Å²) in [6.45, 7) is 2.41. The topological polar surface area (TPSA) is 80.5 Å². The van der Waals surface area contributed by atoms with E-state index < -0.39 is 0 Å². The van der Waals surface area contributed by atoms with Crippen LogP contribution in [0.4, 0.5) is 0 Å². The first kappa shape index (κ1) is 7.69. The Morgan fingerprint density at radius 2 is 2.64 bits per heavy atom. The molecule has 0 aliphatic rings. The van der Waals surface area contributed by atoms with Crippen LogP contribution in [0.15, 0.2) is 6.33 Å². The quantitative estimate of drug-likeness (QED) is 0.627. The SMILES string of the molecule is CC(CN)n1cnc(C#N)n1. The van der Waals surface area contributed by atoms with E-state index in [-0.39, 0.29) is 11.9 Å². The van der Waals surface area contributed by atoms with Gasteiger partial charge in [-0.1, -0.05) is 0 Å². The molecule has 0 saturated carbocycles. The lowest BCUT2D eigenvalue weighted by Crippen LogP contribution is -2.16. The van der Waals surface area contributed by atoms with Crippen molar-refractivity contribution >= 4 is 0 Å². The summed E-state index contributed by atoms with van der Waals surface area (Å²) >= 11 is 0. The normalized spacial score (nSPS) is 12.5. The first-order valence-electron chi connectivity index (χ1n) is 3.29. The summed E-state index contributed by atoms with van der Waals surface area (Å²) in [6.07, 6.45) is 1.51. The van der Waals surface area contributed by atoms with E-state index in [2.05, 4.69) is 10.1 Å². The van der Waals surface area contributed by atoms with E-state index in [1.807, 2.05) is 13.0 Å². The molecule has 0 fully saturated rings. The Morgan fingerprint density at radius 3 is 3.09 bits per heavy atom. The van der Waals surface area contributed by atoms with Crippen LogP contribution in [0.3, 0.4) is 0 Å². The van der Waals surface area contributed by atoms with Crippen LogP contribution in [0, 0.1) is 11.3 Å². The molecule has 1 aromatic heterocycles. The van der Waals surface area contributed by atoms with Crippen molar-refractivity contribution in [3.05, 3.63) is 12.2 Å². The van der Waals surface area contributed by atoms with Crippen molar-refractivity contribution in [2.45, 2.75) is 13.0 Å². The molecule has 1 heterocycles. The van der Waals surface area contributed by atoms with E-state index in [1.54, 1.807) is 4.68 Å². The molecule has 0 bridgehead atoms. The zero-order valence-electron chi connectivity index (χ0n) is 6.23. The van der Waals surface area contributed by atoms with Crippen molar-refractivity contribution in [2.75, 3.05) is 6.54 Å². The van der Waals surface area contributed by atoms with Gasteiger partial charge in [-0.3, -0.25) is 0 Å². The van der Waals surface area contributed by atoms with Crippen molar-refractivity contribution in [3.8, 4) is 6.07 Å². The third kappa shape index (κ3) is 1.53. The van der Waals surface area contributed by atoms with Gasteiger partial charge in [-0.25, -0.2) is 9.67 Å². The maximum absolute atomic E-state index is 8.39. The molecule has 1 rings (SSSR count). The predicted molar refractivity (Wildman–Crippen MR) is 38.5 cm³/mol. The molecular weight excluding hydrogens is 142 g/mol. The Bertz CT molecular complexity index is 271. The fourth-order valence-corrected chi connectivity index (χ4v) is 0.646. The van der Waals surface area contributed by atoms with Crippen LogP contribution in [0.2, 0.25) is 0 Å². The van der Waals surface area contributed by atoms with Crippen LogP contribution < -0.4 is 5.73 Å². The molecule has 0 radical (unpaired) electrons. The Kier molecular flexibility index (Phi) is 2.18. The summed E-state index contributed by atoms with van der Waals surface area (Å²) in [5.41, 5.74) is 5.38. The molecule has 1 atom stereocenters. The lowest BCUT2D eigenvalue weighted by atomic mass is 10.4. The second kappa shape index (κ2) is 3.12. The molecule has 0 aliphatic carbocycles. The molecule has 0 aromatic carbocycles. The van der Waals surface area contributed by atoms with E-state index in [0.717, 1.165) is 0 Å². The largest absolute Gasteiger partial charge is 0.328 e. The summed E-state index contributed by atoms with van der Waals surface area (Å²) in [4.78, 5) is 3.74. The smallest absolute Gasteiger partial charge is 0.252 e. The lowest BCUT2D eigenvalue weighted by molar-refractivity contribution is 0.498. The van der Waals surface area contributed by atoms with E-state index in [0.29, 0.717) is 6.54 Å². The monoisotopic (exact) mass is 151 g/mol. The van der Waals surface area contributed by atoms with Crippen LogP contribution in [-0.2, 0) is 0 Å². The highest BCUT2D eigenvalue weighted by atomic mass is 15.3. The minimum atomic E-state index is 0.101. The highest BCUT2D eigenvalue weighted by molar-refractivity contribution is 5.05. The molecule has 0 spiro atoms. The van der Waals surface area contributed by atoms with Gasteiger partial charge in [-0.2, -0.15) is 5.26 Å². The molecule has 0 amide bonds. The summed E-state index contributed by atoms with van der Waals surface area (Å²) in [5.74, 6) is 0.185. The molecule has 1 aromatic rings. The number of aromatic nitrogens is 3. The van der Waals surface area contributed by atoms with Gasteiger partial charge >= 0.3 is 0 Å². The van der Waals surface area contributed by atoms with Gasteiger partial charge in [0.2, 0.25) is 0 Å². The highest BCUT2D eigenvalue weighted by Crippen LogP contribution is 1.99. The van der Waals surface area contributed by atoms with E-state index in [1.165, 1.54) is 6.33 Å². The zero-order valence-corrected chi connectivity index (χ0v) is 6.23. The first-order valence-corrected chi connectivity index (χ1v) is 3.29. The second-order valence-corrected chi connectivity index (χ2v) is 2.24. The molecule has 11 heavy (non-hydrogen) atoms. The van der Waals surface area contributed by atoms with E-state index in [4.69, 9.17) is 11.0 Å².